The molecule has 0 bridgehead atoms. The number of benzene rings is 2. The van der Waals surface area contributed by atoms with E-state index in [0.29, 0.717) is 11.1 Å². The van der Waals surface area contributed by atoms with Crippen LogP contribution in [0, 0.1) is 0 Å². The highest BCUT2D eigenvalue weighted by Crippen LogP contribution is 2.43. The Balaban J connectivity index is 0.000000226. The second-order valence-electron chi connectivity index (χ2n) is 10.9. The van der Waals surface area contributed by atoms with Crippen LogP contribution in [0.1, 0.15) is 86.5 Å². The zero-order valence-corrected chi connectivity index (χ0v) is 24.1. The lowest BCUT2D eigenvalue weighted by atomic mass is 9.87. The number of hydrogen-bond acceptors (Lipinski definition) is 4. The van der Waals surface area contributed by atoms with Crippen molar-refractivity contribution in [2.75, 3.05) is 46.4 Å². The van der Waals surface area contributed by atoms with Crippen LogP contribution in [0.15, 0.2) is 36.4 Å². The number of alkyl halides is 6. The van der Waals surface area contributed by atoms with Gasteiger partial charge >= 0.3 is 12.4 Å². The highest BCUT2D eigenvalue weighted by atomic mass is 19.4. The van der Waals surface area contributed by atoms with Crippen molar-refractivity contribution in [3.63, 3.8) is 0 Å². The van der Waals surface area contributed by atoms with E-state index >= 15 is 0 Å². The summed E-state index contributed by atoms with van der Waals surface area (Å²) >= 11 is 0. The quantitative estimate of drug-likeness (QED) is 0.330. The van der Waals surface area contributed by atoms with Crippen LogP contribution in [0.25, 0.3) is 0 Å². The van der Waals surface area contributed by atoms with E-state index in [1.54, 1.807) is 12.1 Å². The predicted octanol–water partition coefficient (Wildman–Crippen LogP) is 8.30. The molecule has 0 amide bonds. The van der Waals surface area contributed by atoms with Crippen LogP contribution in [-0.2, 0) is 12.4 Å². The van der Waals surface area contributed by atoms with Crippen molar-refractivity contribution in [3.05, 3.63) is 58.7 Å². The summed E-state index contributed by atoms with van der Waals surface area (Å²) in [6.45, 7) is 10.00. The zero-order valence-electron chi connectivity index (χ0n) is 24.1. The van der Waals surface area contributed by atoms with E-state index in [1.807, 2.05) is 0 Å². The van der Waals surface area contributed by atoms with Crippen molar-refractivity contribution >= 4 is 0 Å². The molecule has 0 saturated carbocycles. The van der Waals surface area contributed by atoms with Crippen LogP contribution >= 0.6 is 0 Å². The topological polar surface area (TPSA) is 35.9 Å². The molecule has 0 aliphatic carbocycles. The molecule has 10 heteroatoms. The van der Waals surface area contributed by atoms with Gasteiger partial charge in [-0.3, -0.25) is 0 Å². The van der Waals surface area contributed by atoms with E-state index in [0.717, 1.165) is 89.9 Å². The monoisotopic (exact) mass is 588 g/mol. The SMILES string of the molecule is CCCN1CCC(c2cccc(C(F)(F)F)c2O)CC1.CCCN1CCC(c2cccc(C(F)(F)F)c2OC)CC1. The lowest BCUT2D eigenvalue weighted by Gasteiger charge is -2.32. The van der Waals surface area contributed by atoms with Gasteiger partial charge in [-0.25, -0.2) is 0 Å². The van der Waals surface area contributed by atoms with Gasteiger partial charge in [-0.2, -0.15) is 26.3 Å². The maximum Gasteiger partial charge on any atom is 0.419 e. The lowest BCUT2D eigenvalue weighted by Crippen LogP contribution is -2.33. The van der Waals surface area contributed by atoms with Gasteiger partial charge in [0.1, 0.15) is 11.5 Å². The third-order valence-electron chi connectivity index (χ3n) is 8.06. The molecule has 230 valence electrons. The minimum absolute atomic E-state index is 0.000980. The minimum atomic E-state index is -4.50. The second-order valence-corrected chi connectivity index (χ2v) is 10.9. The standard InChI is InChI=1S/C16H22F3NO.C15H20F3NO/c1-3-9-20-10-7-12(8-11-20)13-5-4-6-14(15(13)21-2)16(17,18)19;1-2-8-19-9-6-11(7-10-19)12-4-3-5-13(14(12)20)15(16,17)18/h4-6,12H,3,7-11H2,1-2H3;3-5,11,20H,2,6-10H2,1H3. The van der Waals surface area contributed by atoms with Crippen LogP contribution < -0.4 is 4.74 Å². The smallest absolute Gasteiger partial charge is 0.419 e. The number of para-hydroxylation sites is 2. The number of rotatable bonds is 7. The first-order valence-corrected chi connectivity index (χ1v) is 14.5. The van der Waals surface area contributed by atoms with Crippen molar-refractivity contribution in [1.82, 2.24) is 9.80 Å². The van der Waals surface area contributed by atoms with Gasteiger partial charge in [0.05, 0.1) is 18.2 Å². The minimum Gasteiger partial charge on any atom is -0.507 e. The Hall–Kier alpha value is -2.46. The summed E-state index contributed by atoms with van der Waals surface area (Å²) in [5.41, 5.74) is -0.455. The number of piperidine rings is 2. The highest BCUT2D eigenvalue weighted by Gasteiger charge is 2.37. The molecule has 1 N–H and O–H groups in total. The Morgan fingerprint density at radius 1 is 0.707 bits per heavy atom. The van der Waals surface area contributed by atoms with Crippen molar-refractivity contribution in [2.24, 2.45) is 0 Å². The second kappa shape index (κ2) is 14.6. The van der Waals surface area contributed by atoms with Gasteiger partial charge in [-0.1, -0.05) is 38.1 Å². The van der Waals surface area contributed by atoms with Gasteiger partial charge in [0, 0.05) is 0 Å². The summed E-state index contributed by atoms with van der Waals surface area (Å²) in [5, 5.41) is 9.91. The molecule has 2 aliphatic heterocycles. The van der Waals surface area contributed by atoms with E-state index < -0.39 is 29.2 Å². The molecule has 2 saturated heterocycles. The third kappa shape index (κ3) is 8.77. The van der Waals surface area contributed by atoms with Gasteiger partial charge in [-0.05, 0) is 113 Å². The summed E-state index contributed by atoms with van der Waals surface area (Å²) < 4.78 is 82.6. The largest absolute Gasteiger partial charge is 0.507 e. The molecule has 0 atom stereocenters. The number of methoxy groups -OCH3 is 1. The predicted molar refractivity (Wildman–Crippen MR) is 149 cm³/mol. The van der Waals surface area contributed by atoms with Crippen molar-refractivity contribution in [1.29, 1.82) is 0 Å². The number of aromatic hydroxyl groups is 1. The first kappa shape index (κ1) is 33.0. The molecular weight excluding hydrogens is 546 g/mol. The van der Waals surface area contributed by atoms with Gasteiger partial charge in [-0.15, -0.1) is 0 Å². The Bertz CT molecular complexity index is 1090. The Morgan fingerprint density at radius 3 is 1.54 bits per heavy atom. The fourth-order valence-corrected chi connectivity index (χ4v) is 6.01. The normalized spacial score (nSPS) is 18.2. The molecule has 2 aromatic rings. The molecule has 2 heterocycles. The molecule has 0 spiro atoms. The molecule has 2 aromatic carbocycles. The van der Waals surface area contributed by atoms with Gasteiger partial charge < -0.3 is 19.6 Å². The lowest BCUT2D eigenvalue weighted by molar-refractivity contribution is -0.139. The number of phenols is 1. The third-order valence-corrected chi connectivity index (χ3v) is 8.06. The molecular formula is C31H42F6N2O2. The number of phenolic OH excluding ortho intramolecular Hbond substituents is 1. The van der Waals surface area contributed by atoms with Gasteiger partial charge in [0.15, 0.2) is 0 Å². The summed E-state index contributed by atoms with van der Waals surface area (Å²) in [4.78, 5) is 4.69. The number of halogens is 6. The highest BCUT2D eigenvalue weighted by molar-refractivity contribution is 5.46. The molecule has 41 heavy (non-hydrogen) atoms. The summed E-state index contributed by atoms with van der Waals surface area (Å²) in [7, 11) is 1.32. The van der Waals surface area contributed by atoms with E-state index in [2.05, 4.69) is 23.6 Å². The molecule has 2 aliphatic rings. The Kier molecular flexibility index (Phi) is 11.8. The van der Waals surface area contributed by atoms with Crippen LogP contribution in [0.2, 0.25) is 0 Å². The van der Waals surface area contributed by atoms with E-state index in [-0.39, 0.29) is 17.6 Å². The number of likely N-dealkylation sites (tertiary alicyclic amines) is 2. The summed E-state index contributed by atoms with van der Waals surface area (Å²) in [6.07, 6.45) is -3.30. The van der Waals surface area contributed by atoms with Gasteiger partial charge in [0.2, 0.25) is 0 Å². The van der Waals surface area contributed by atoms with E-state index in [9.17, 15) is 31.4 Å². The first-order valence-electron chi connectivity index (χ1n) is 14.5. The average Bonchev–Trinajstić information content (AvgIpc) is 2.93. The number of ether oxygens (including phenoxy) is 1. The van der Waals surface area contributed by atoms with Crippen molar-refractivity contribution in [2.45, 2.75) is 76.6 Å². The van der Waals surface area contributed by atoms with Crippen molar-refractivity contribution in [3.8, 4) is 11.5 Å². The van der Waals surface area contributed by atoms with E-state index in [1.165, 1.54) is 19.2 Å². The van der Waals surface area contributed by atoms with Crippen LogP contribution in [0.5, 0.6) is 11.5 Å². The molecule has 4 rings (SSSR count). The molecule has 0 radical (unpaired) electrons. The fourth-order valence-electron chi connectivity index (χ4n) is 6.01. The molecule has 4 nitrogen and oxygen atoms in total. The average molecular weight is 589 g/mol. The van der Waals surface area contributed by atoms with Crippen LogP contribution in [0.4, 0.5) is 26.3 Å². The summed E-state index contributed by atoms with van der Waals surface area (Å²) in [5.74, 6) is -0.423. The Labute approximate surface area is 239 Å². The maximum atomic E-state index is 13.1. The fraction of sp³-hybridized carbons (Fsp3) is 0.613. The van der Waals surface area contributed by atoms with Gasteiger partial charge in [0.25, 0.3) is 0 Å². The van der Waals surface area contributed by atoms with Crippen LogP contribution in [0.3, 0.4) is 0 Å². The first-order chi connectivity index (χ1) is 19.4. The summed E-state index contributed by atoms with van der Waals surface area (Å²) in [6, 6.07) is 8.29. The molecule has 2 fully saturated rings. The van der Waals surface area contributed by atoms with E-state index in [4.69, 9.17) is 4.74 Å². The zero-order chi connectivity index (χ0) is 30.2. The number of nitrogens with zero attached hydrogens (tertiary/aromatic N) is 2. The number of hydrogen-bond donors (Lipinski definition) is 1. The Morgan fingerprint density at radius 2 is 1.12 bits per heavy atom. The van der Waals surface area contributed by atoms with Crippen LogP contribution in [-0.4, -0.2) is 61.3 Å². The maximum absolute atomic E-state index is 13.1. The van der Waals surface area contributed by atoms with Crippen molar-refractivity contribution < 1.29 is 36.2 Å². The molecule has 0 aromatic heterocycles. The molecule has 0 unspecified atom stereocenters.